The summed E-state index contributed by atoms with van der Waals surface area (Å²) in [5.41, 5.74) is 2.63. The molecular weight excluding hydrogens is 460 g/mol. The summed E-state index contributed by atoms with van der Waals surface area (Å²) in [6.45, 7) is 3.87. The quantitative estimate of drug-likeness (QED) is 0.424. The summed E-state index contributed by atoms with van der Waals surface area (Å²) < 4.78 is 29.0. The molecule has 170 valence electrons. The van der Waals surface area contributed by atoms with E-state index in [2.05, 4.69) is 10.1 Å². The molecule has 4 rings (SSSR count). The first-order valence-electron chi connectivity index (χ1n) is 10.4. The average Bonchev–Trinajstić information content (AvgIpc) is 3.10. The predicted molar refractivity (Wildman–Crippen MR) is 130 cm³/mol. The van der Waals surface area contributed by atoms with Crippen molar-refractivity contribution in [1.29, 1.82) is 0 Å². The van der Waals surface area contributed by atoms with E-state index in [4.69, 9.17) is 11.6 Å². The van der Waals surface area contributed by atoms with Gasteiger partial charge in [-0.2, -0.15) is 0 Å². The van der Waals surface area contributed by atoms with E-state index in [1.807, 2.05) is 25.1 Å². The van der Waals surface area contributed by atoms with Crippen LogP contribution in [0.5, 0.6) is 0 Å². The van der Waals surface area contributed by atoms with Gasteiger partial charge in [-0.3, -0.25) is 14.2 Å². The molecule has 0 aliphatic rings. The van der Waals surface area contributed by atoms with Crippen LogP contribution < -0.4 is 9.86 Å². The molecule has 0 atom stereocenters. The second-order valence-electron chi connectivity index (χ2n) is 7.52. The van der Waals surface area contributed by atoms with Crippen LogP contribution in [-0.2, 0) is 16.4 Å². The van der Waals surface area contributed by atoms with Gasteiger partial charge in [-0.05, 0) is 55.8 Å². The fourth-order valence-corrected chi connectivity index (χ4v) is 5.17. The summed E-state index contributed by atoms with van der Waals surface area (Å²) in [4.78, 5) is 17.3. The molecule has 33 heavy (non-hydrogen) atoms. The van der Waals surface area contributed by atoms with Crippen LogP contribution >= 0.6 is 11.6 Å². The van der Waals surface area contributed by atoms with Crippen molar-refractivity contribution in [2.24, 2.45) is 0 Å². The standard InChI is InChI=1S/C24H23ClN4O3S/c1-3-28(20-7-5-4-6-8-20)33(31,32)21-13-14-23(26-16-21)29-24(30)22(17(2)27-29)15-18-9-11-19(25)12-10-18/h4-14,16,27H,3,15H2,1-2H3. The minimum absolute atomic E-state index is 0.0506. The molecule has 1 N–H and O–H groups in total. The van der Waals surface area contributed by atoms with Crippen molar-refractivity contribution in [3.63, 3.8) is 0 Å². The number of aromatic nitrogens is 3. The topological polar surface area (TPSA) is 88.1 Å². The van der Waals surface area contributed by atoms with Gasteiger partial charge in [0.2, 0.25) is 0 Å². The number of hydrogen-bond donors (Lipinski definition) is 1. The smallest absolute Gasteiger partial charge is 0.276 e. The molecule has 0 spiro atoms. The maximum atomic E-state index is 13.2. The number of halogens is 1. The van der Waals surface area contributed by atoms with Crippen molar-refractivity contribution < 1.29 is 8.42 Å². The minimum atomic E-state index is -3.80. The summed E-state index contributed by atoms with van der Waals surface area (Å²) in [6, 6.07) is 19.2. The second kappa shape index (κ2) is 9.25. The third-order valence-corrected chi connectivity index (χ3v) is 7.50. The van der Waals surface area contributed by atoms with E-state index in [-0.39, 0.29) is 17.0 Å². The Morgan fingerprint density at radius 3 is 2.33 bits per heavy atom. The van der Waals surface area contributed by atoms with Gasteiger partial charge in [0, 0.05) is 35.4 Å². The van der Waals surface area contributed by atoms with E-state index < -0.39 is 10.0 Å². The molecule has 4 aromatic rings. The number of nitrogens with one attached hydrogen (secondary N) is 1. The van der Waals surface area contributed by atoms with E-state index >= 15 is 0 Å². The van der Waals surface area contributed by atoms with Crippen molar-refractivity contribution in [2.75, 3.05) is 10.8 Å². The maximum absolute atomic E-state index is 13.2. The van der Waals surface area contributed by atoms with Crippen LogP contribution in [0.15, 0.2) is 82.6 Å². The van der Waals surface area contributed by atoms with Crippen LogP contribution in [-0.4, -0.2) is 29.7 Å². The zero-order valence-corrected chi connectivity index (χ0v) is 19.8. The van der Waals surface area contributed by atoms with E-state index in [0.717, 1.165) is 11.3 Å². The first-order chi connectivity index (χ1) is 15.8. The molecule has 0 saturated heterocycles. The molecule has 0 amide bonds. The maximum Gasteiger partial charge on any atom is 0.276 e. The molecular formula is C24H23ClN4O3S. The van der Waals surface area contributed by atoms with Gasteiger partial charge in [-0.1, -0.05) is 41.9 Å². The van der Waals surface area contributed by atoms with Crippen molar-refractivity contribution in [3.05, 3.63) is 105 Å². The number of para-hydroxylation sites is 1. The molecule has 0 radical (unpaired) electrons. The highest BCUT2D eigenvalue weighted by Gasteiger charge is 2.24. The number of aromatic amines is 1. The molecule has 9 heteroatoms. The van der Waals surface area contributed by atoms with Crippen molar-refractivity contribution in [1.82, 2.24) is 14.8 Å². The molecule has 0 fully saturated rings. The van der Waals surface area contributed by atoms with E-state index in [0.29, 0.717) is 28.5 Å². The fraction of sp³-hybridized carbons (Fsp3) is 0.167. The Balaban J connectivity index is 1.63. The van der Waals surface area contributed by atoms with Gasteiger partial charge in [0.25, 0.3) is 15.6 Å². The second-order valence-corrected chi connectivity index (χ2v) is 9.82. The number of hydrogen-bond acceptors (Lipinski definition) is 4. The number of H-pyrrole nitrogens is 1. The average molecular weight is 483 g/mol. The van der Waals surface area contributed by atoms with Gasteiger partial charge in [0.05, 0.1) is 5.69 Å². The Kier molecular flexibility index (Phi) is 6.40. The predicted octanol–water partition coefficient (Wildman–Crippen LogP) is 4.33. The number of anilines is 1. The van der Waals surface area contributed by atoms with Crippen LogP contribution in [0.1, 0.15) is 23.7 Å². The number of pyridine rings is 1. The lowest BCUT2D eigenvalue weighted by atomic mass is 10.1. The van der Waals surface area contributed by atoms with Crippen LogP contribution in [0.3, 0.4) is 0 Å². The SMILES string of the molecule is CCN(c1ccccc1)S(=O)(=O)c1ccc(-n2[nH]c(C)c(Cc3ccc(Cl)cc3)c2=O)nc1. The van der Waals surface area contributed by atoms with Crippen molar-refractivity contribution in [3.8, 4) is 5.82 Å². The molecule has 7 nitrogen and oxygen atoms in total. The highest BCUT2D eigenvalue weighted by molar-refractivity contribution is 7.92. The molecule has 0 bridgehead atoms. The molecule has 2 heterocycles. The lowest BCUT2D eigenvalue weighted by Crippen LogP contribution is -2.30. The third-order valence-electron chi connectivity index (χ3n) is 5.36. The van der Waals surface area contributed by atoms with Gasteiger partial charge >= 0.3 is 0 Å². The first kappa shape index (κ1) is 22.8. The van der Waals surface area contributed by atoms with Gasteiger partial charge in [-0.25, -0.2) is 18.1 Å². The Morgan fingerprint density at radius 2 is 1.73 bits per heavy atom. The van der Waals surface area contributed by atoms with Gasteiger partial charge in [-0.15, -0.1) is 0 Å². The normalized spacial score (nSPS) is 11.5. The largest absolute Gasteiger partial charge is 0.294 e. The third kappa shape index (κ3) is 4.58. The van der Waals surface area contributed by atoms with E-state index in [9.17, 15) is 13.2 Å². The number of rotatable bonds is 7. The zero-order valence-electron chi connectivity index (χ0n) is 18.2. The molecule has 0 aliphatic carbocycles. The summed E-state index contributed by atoms with van der Waals surface area (Å²) >= 11 is 5.94. The minimum Gasteiger partial charge on any atom is -0.294 e. The van der Waals surface area contributed by atoms with Crippen molar-refractivity contribution >= 4 is 27.3 Å². The van der Waals surface area contributed by atoms with Crippen LogP contribution in [0.4, 0.5) is 5.69 Å². The van der Waals surface area contributed by atoms with Crippen LogP contribution in [0.25, 0.3) is 5.82 Å². The zero-order chi connectivity index (χ0) is 23.6. The Bertz CT molecular complexity index is 1410. The Morgan fingerprint density at radius 1 is 1.03 bits per heavy atom. The lowest BCUT2D eigenvalue weighted by Gasteiger charge is -2.22. The van der Waals surface area contributed by atoms with Gasteiger partial charge in [0.15, 0.2) is 5.82 Å². The summed E-state index contributed by atoms with van der Waals surface area (Å²) in [6.07, 6.45) is 1.72. The summed E-state index contributed by atoms with van der Waals surface area (Å²) in [7, 11) is -3.80. The highest BCUT2D eigenvalue weighted by Crippen LogP contribution is 2.23. The van der Waals surface area contributed by atoms with E-state index in [1.165, 1.54) is 27.3 Å². The number of nitrogens with zero attached hydrogens (tertiary/aromatic N) is 3. The van der Waals surface area contributed by atoms with Crippen LogP contribution in [0.2, 0.25) is 5.02 Å². The van der Waals surface area contributed by atoms with E-state index in [1.54, 1.807) is 43.3 Å². The summed E-state index contributed by atoms with van der Waals surface area (Å²) in [5, 5.41) is 3.67. The highest BCUT2D eigenvalue weighted by atomic mass is 35.5. The molecule has 2 aromatic heterocycles. The lowest BCUT2D eigenvalue weighted by molar-refractivity contribution is 0.591. The van der Waals surface area contributed by atoms with Crippen molar-refractivity contribution in [2.45, 2.75) is 25.2 Å². The fourth-order valence-electron chi connectivity index (χ4n) is 3.63. The molecule has 0 aliphatic heterocycles. The molecule has 0 saturated carbocycles. The molecule has 2 aromatic carbocycles. The van der Waals surface area contributed by atoms with Gasteiger partial charge in [0.1, 0.15) is 4.90 Å². The van der Waals surface area contributed by atoms with Gasteiger partial charge < -0.3 is 0 Å². The molecule has 0 unspecified atom stereocenters. The number of sulfonamides is 1. The number of aryl methyl sites for hydroxylation is 1. The Hall–Kier alpha value is -3.36. The first-order valence-corrected chi connectivity index (χ1v) is 12.2. The Labute approximate surface area is 197 Å². The summed E-state index contributed by atoms with van der Waals surface area (Å²) in [5.74, 6) is 0.312. The van der Waals surface area contributed by atoms with Crippen LogP contribution in [0, 0.1) is 6.92 Å². The monoisotopic (exact) mass is 482 g/mol. The number of benzene rings is 2.